The van der Waals surface area contributed by atoms with Gasteiger partial charge in [0, 0.05) is 63.2 Å². The van der Waals surface area contributed by atoms with Gasteiger partial charge in [-0.2, -0.15) is 0 Å². The van der Waals surface area contributed by atoms with Crippen molar-refractivity contribution in [2.24, 2.45) is 0 Å². The SMILES string of the molecule is C=Cc1ccc(Oc2ccc(C3(C4=C(F)C(F)CC(F)=C4F)c4ccccc4-c4ccc(N(c5ccc(F)cc5)c5ccc6c(c5)C5(CC6(C)C)CC(C)(C)c6ccc(N(c7ccc(F)cc7)c7ccc8c(c7)C(c7ccc(Oc9ccc(C=C)cc9)cc7)(c7c(F)c(F)cc(F)c7F)c7ccccc7-8)cc65)cc43)cc2)cc1. The summed E-state index contributed by atoms with van der Waals surface area (Å²) < 4.78 is 179. The standard InChI is InChI=1S/C99H70F10N2O2/c1-7-57-17-37-69(38-18-57)112-71-41-21-59(22-42-71)98(89-91(106)85(102)53-86(103)92(89)107)77-15-11-9-13-73(77)75-45-33-65(49-81(75)98)110(63-29-25-61(100)26-30-63)67-35-47-79-83(51-67)97(55-95(79,3)4)56-96(5,6)80-48-36-68(52-84(80)97)111(64-31-27-62(101)28-32-64)66-34-46-76-74-14-10-12-16-78(74)99(82(76)50-66,90-93(108)87(104)54-88(105)94(90)109)60-23-43-72(44-24-60)113-70-39-19-58(8-2)20-40-70/h7-53,87H,1-2,54-56H2,3-6H3. The van der Waals surface area contributed by atoms with Gasteiger partial charge in [0.25, 0.3) is 0 Å². The van der Waals surface area contributed by atoms with Gasteiger partial charge in [-0.25, -0.2) is 43.9 Å². The van der Waals surface area contributed by atoms with Crippen LogP contribution >= 0.6 is 0 Å². The summed E-state index contributed by atoms with van der Waals surface area (Å²) in [4.78, 5) is 3.88. The predicted molar refractivity (Wildman–Crippen MR) is 427 cm³/mol. The van der Waals surface area contributed by atoms with Gasteiger partial charge in [-0.05, 0) is 258 Å². The van der Waals surface area contributed by atoms with Crippen LogP contribution < -0.4 is 19.3 Å². The number of benzene rings is 13. The molecule has 558 valence electrons. The maximum atomic E-state index is 17.5. The predicted octanol–water partition coefficient (Wildman–Crippen LogP) is 27.8. The molecule has 14 heteroatoms. The van der Waals surface area contributed by atoms with Gasteiger partial charge in [0.2, 0.25) is 0 Å². The van der Waals surface area contributed by atoms with Crippen LogP contribution in [-0.2, 0) is 27.1 Å². The van der Waals surface area contributed by atoms with Gasteiger partial charge >= 0.3 is 0 Å². The fraction of sp³-hybridized carbons (Fsp3) is 0.131. The molecule has 13 aromatic rings. The molecule has 13 aromatic carbocycles. The molecule has 113 heavy (non-hydrogen) atoms. The molecule has 0 amide bonds. The van der Waals surface area contributed by atoms with Crippen LogP contribution in [-0.4, -0.2) is 6.17 Å². The number of ether oxygens (including phenoxy) is 2. The van der Waals surface area contributed by atoms with E-state index in [9.17, 15) is 0 Å². The smallest absolute Gasteiger partial charge is 0.166 e. The second-order valence-electron chi connectivity index (χ2n) is 31.1. The van der Waals surface area contributed by atoms with Crippen molar-refractivity contribution in [1.29, 1.82) is 0 Å². The lowest BCUT2D eigenvalue weighted by Gasteiger charge is -2.38. The molecule has 1 spiro atoms. The highest BCUT2D eigenvalue weighted by molar-refractivity contribution is 5.93. The number of allylic oxidation sites excluding steroid dienone is 4. The summed E-state index contributed by atoms with van der Waals surface area (Å²) in [6, 6.07) is 77.4. The van der Waals surface area contributed by atoms with E-state index in [-0.39, 0.29) is 22.8 Å². The first kappa shape index (κ1) is 71.9. The van der Waals surface area contributed by atoms with Crippen LogP contribution in [0.5, 0.6) is 23.0 Å². The second kappa shape index (κ2) is 26.8. The van der Waals surface area contributed by atoms with Crippen molar-refractivity contribution in [3.63, 3.8) is 0 Å². The third-order valence-electron chi connectivity index (χ3n) is 23.7. The van der Waals surface area contributed by atoms with Crippen LogP contribution in [0.3, 0.4) is 0 Å². The van der Waals surface area contributed by atoms with Gasteiger partial charge < -0.3 is 19.3 Å². The lowest BCUT2D eigenvalue weighted by molar-refractivity contribution is 0.283. The molecule has 0 aliphatic heterocycles. The zero-order valence-electron chi connectivity index (χ0n) is 61.7. The van der Waals surface area contributed by atoms with E-state index in [2.05, 4.69) is 65.1 Å². The van der Waals surface area contributed by atoms with Gasteiger partial charge in [0.05, 0.1) is 10.8 Å². The molecule has 0 aromatic heterocycles. The molecule has 0 bridgehead atoms. The minimum Gasteiger partial charge on any atom is -0.457 e. The Labute approximate surface area is 647 Å². The van der Waals surface area contributed by atoms with Crippen molar-refractivity contribution in [2.45, 2.75) is 80.2 Å². The van der Waals surface area contributed by atoms with E-state index in [0.717, 1.165) is 33.4 Å². The summed E-state index contributed by atoms with van der Waals surface area (Å²) >= 11 is 0. The number of nitrogens with zero attached hydrogens (tertiary/aromatic N) is 2. The molecule has 18 rings (SSSR count). The molecule has 0 fully saturated rings. The highest BCUT2D eigenvalue weighted by atomic mass is 19.2. The zero-order chi connectivity index (χ0) is 78.4. The molecular weight excluding hydrogens is 1440 g/mol. The van der Waals surface area contributed by atoms with Gasteiger partial charge in [-0.3, -0.25) is 0 Å². The van der Waals surface area contributed by atoms with Gasteiger partial charge in [-0.1, -0.05) is 174 Å². The molecule has 0 radical (unpaired) electrons. The Morgan fingerprint density at radius 1 is 0.363 bits per heavy atom. The monoisotopic (exact) mass is 1510 g/mol. The Kier molecular flexibility index (Phi) is 17.0. The van der Waals surface area contributed by atoms with Crippen molar-refractivity contribution in [2.75, 3.05) is 9.80 Å². The second-order valence-corrected chi connectivity index (χ2v) is 31.1. The summed E-state index contributed by atoms with van der Waals surface area (Å²) in [6.45, 7) is 16.5. The number of halogens is 10. The Morgan fingerprint density at radius 2 is 0.717 bits per heavy atom. The third kappa shape index (κ3) is 11.2. The summed E-state index contributed by atoms with van der Waals surface area (Å²) in [6.07, 6.45) is 0.970. The largest absolute Gasteiger partial charge is 0.457 e. The summed E-state index contributed by atoms with van der Waals surface area (Å²) in [5.41, 5.74) is 5.43. The molecule has 0 N–H and O–H groups in total. The highest BCUT2D eigenvalue weighted by Crippen LogP contribution is 2.67. The van der Waals surface area contributed by atoms with Crippen molar-refractivity contribution < 1.29 is 53.4 Å². The highest BCUT2D eigenvalue weighted by Gasteiger charge is 2.58. The molecular formula is C99H70F10N2O2. The number of hydrogen-bond acceptors (Lipinski definition) is 4. The van der Waals surface area contributed by atoms with Crippen molar-refractivity contribution in [3.05, 3.63) is 416 Å². The van der Waals surface area contributed by atoms with E-state index in [1.54, 1.807) is 164 Å². The number of alkyl halides is 1. The Morgan fingerprint density at radius 3 is 1.14 bits per heavy atom. The van der Waals surface area contributed by atoms with Crippen molar-refractivity contribution in [3.8, 4) is 45.3 Å². The molecule has 4 unspecified atom stereocenters. The van der Waals surface area contributed by atoms with Crippen LogP contribution in [0.25, 0.3) is 34.4 Å². The van der Waals surface area contributed by atoms with Crippen LogP contribution in [0.4, 0.5) is 78.0 Å². The molecule has 5 aliphatic carbocycles. The van der Waals surface area contributed by atoms with Crippen LogP contribution in [0.15, 0.2) is 309 Å². The van der Waals surface area contributed by atoms with Crippen LogP contribution in [0.1, 0.15) is 119 Å². The molecule has 0 saturated heterocycles. The number of fused-ring (bicyclic) bond motifs is 10. The first-order valence-electron chi connectivity index (χ1n) is 37.3. The first-order valence-corrected chi connectivity index (χ1v) is 37.3. The zero-order valence-corrected chi connectivity index (χ0v) is 61.7. The quantitative estimate of drug-likeness (QED) is 0.0711. The van der Waals surface area contributed by atoms with Gasteiger partial charge in [0.1, 0.15) is 46.3 Å². The lowest BCUT2D eigenvalue weighted by atomic mass is 9.65. The Hall–Kier alpha value is -12.7. The molecule has 0 heterocycles. The Balaban J connectivity index is 0.805. The van der Waals surface area contributed by atoms with E-state index >= 15 is 43.9 Å². The third-order valence-corrected chi connectivity index (χ3v) is 23.7. The number of hydrogen-bond donors (Lipinski definition) is 0. The lowest BCUT2D eigenvalue weighted by Crippen LogP contribution is -2.34. The summed E-state index contributed by atoms with van der Waals surface area (Å²) in [7, 11) is 0. The fourth-order valence-electron chi connectivity index (χ4n) is 19.1. The van der Waals surface area contributed by atoms with Crippen molar-refractivity contribution >= 4 is 46.3 Å². The summed E-state index contributed by atoms with van der Waals surface area (Å²) in [5, 5.41) is 0. The van der Waals surface area contributed by atoms with Gasteiger partial charge in [-0.15, -0.1) is 0 Å². The maximum absolute atomic E-state index is 17.5. The maximum Gasteiger partial charge on any atom is 0.166 e. The van der Waals surface area contributed by atoms with E-state index in [1.807, 2.05) is 76.5 Å². The topological polar surface area (TPSA) is 24.9 Å². The van der Waals surface area contributed by atoms with Crippen LogP contribution in [0.2, 0.25) is 0 Å². The van der Waals surface area contributed by atoms with Gasteiger partial charge in [0.15, 0.2) is 35.3 Å². The normalized spacial score (nSPS) is 19.1. The average molecular weight is 1510 g/mol. The minimum atomic E-state index is -2.52. The minimum absolute atomic E-state index is 0.206. The first-order chi connectivity index (χ1) is 54.4. The average Bonchev–Trinajstić information content (AvgIpc) is 1.54. The Bertz CT molecular complexity index is 6120. The van der Waals surface area contributed by atoms with E-state index in [1.165, 1.54) is 24.3 Å². The summed E-state index contributed by atoms with van der Waals surface area (Å²) in [5.74, 6) is -10.0. The van der Waals surface area contributed by atoms with Crippen molar-refractivity contribution in [1.82, 2.24) is 0 Å². The van der Waals surface area contributed by atoms with E-state index in [0.29, 0.717) is 109 Å². The fourth-order valence-corrected chi connectivity index (χ4v) is 19.1. The van der Waals surface area contributed by atoms with E-state index < -0.39 is 103 Å². The molecule has 4 atom stereocenters. The van der Waals surface area contributed by atoms with E-state index in [4.69, 9.17) is 9.47 Å². The van der Waals surface area contributed by atoms with Crippen LogP contribution in [0, 0.1) is 34.9 Å². The molecule has 4 nitrogen and oxygen atoms in total. The number of anilines is 6. The molecule has 0 saturated carbocycles. The molecule has 5 aliphatic rings. The number of rotatable bonds is 16.